The van der Waals surface area contributed by atoms with E-state index in [4.69, 9.17) is 4.74 Å². The maximum atomic E-state index is 11.8. The number of benzene rings is 2. The van der Waals surface area contributed by atoms with Crippen LogP contribution in [0, 0.1) is 6.92 Å². The van der Waals surface area contributed by atoms with E-state index in [1.807, 2.05) is 42.5 Å². The van der Waals surface area contributed by atoms with Crippen molar-refractivity contribution in [2.75, 3.05) is 6.61 Å². The molecule has 24 heavy (non-hydrogen) atoms. The van der Waals surface area contributed by atoms with Crippen LogP contribution in [0.3, 0.4) is 0 Å². The number of rotatable bonds is 3. The van der Waals surface area contributed by atoms with Crippen LogP contribution >= 0.6 is 0 Å². The molecule has 0 saturated heterocycles. The number of carbonyl (C=O) groups is 2. The monoisotopic (exact) mass is 324 g/mol. The second kappa shape index (κ2) is 9.02. The molecule has 3 nitrogen and oxygen atoms in total. The molecule has 0 aliphatic heterocycles. The molecule has 0 heterocycles. The summed E-state index contributed by atoms with van der Waals surface area (Å²) in [5.41, 5.74) is 3.25. The number of aldehydes is 1. The van der Waals surface area contributed by atoms with Crippen molar-refractivity contribution in [2.45, 2.75) is 38.5 Å². The molecule has 0 fully saturated rings. The minimum Gasteiger partial charge on any atom is -0.466 e. The summed E-state index contributed by atoms with van der Waals surface area (Å²) in [4.78, 5) is 22.9. The summed E-state index contributed by atoms with van der Waals surface area (Å²) in [5.74, 6) is -0.455. The first-order chi connectivity index (χ1) is 11.7. The van der Waals surface area contributed by atoms with Crippen molar-refractivity contribution in [1.29, 1.82) is 0 Å². The number of carbonyl (C=O) groups excluding carboxylic acids is 2. The fourth-order valence-corrected chi connectivity index (χ4v) is 2.99. The van der Waals surface area contributed by atoms with Gasteiger partial charge in [-0.15, -0.1) is 0 Å². The van der Waals surface area contributed by atoms with Crippen LogP contribution in [0.15, 0.2) is 54.6 Å². The fourth-order valence-electron chi connectivity index (χ4n) is 2.99. The van der Waals surface area contributed by atoms with Gasteiger partial charge in [0.2, 0.25) is 0 Å². The van der Waals surface area contributed by atoms with Gasteiger partial charge in [-0.3, -0.25) is 4.79 Å². The lowest BCUT2D eigenvalue weighted by Gasteiger charge is -2.27. The quantitative estimate of drug-likeness (QED) is 0.620. The Bertz CT molecular complexity index is 664. The maximum absolute atomic E-state index is 11.8. The molecule has 2 aromatic rings. The summed E-state index contributed by atoms with van der Waals surface area (Å²) < 4.78 is 5.08. The third-order valence-electron chi connectivity index (χ3n) is 4.21. The van der Waals surface area contributed by atoms with Gasteiger partial charge in [-0.1, -0.05) is 60.2 Å². The molecule has 0 unspecified atom stereocenters. The summed E-state index contributed by atoms with van der Waals surface area (Å²) in [7, 11) is 0. The second-order valence-electron chi connectivity index (χ2n) is 5.91. The molecule has 3 rings (SSSR count). The van der Waals surface area contributed by atoms with Crippen molar-refractivity contribution in [2.24, 2.45) is 0 Å². The van der Waals surface area contributed by atoms with Crippen molar-refractivity contribution < 1.29 is 14.3 Å². The largest absolute Gasteiger partial charge is 0.466 e. The molecule has 126 valence electrons. The summed E-state index contributed by atoms with van der Waals surface area (Å²) in [5, 5.41) is 0. The Morgan fingerprint density at radius 1 is 1.04 bits per heavy atom. The van der Waals surface area contributed by atoms with Gasteiger partial charge in [-0.2, -0.15) is 0 Å². The van der Waals surface area contributed by atoms with E-state index < -0.39 is 0 Å². The molecule has 3 heteroatoms. The van der Waals surface area contributed by atoms with Crippen LogP contribution in [-0.2, 0) is 14.3 Å². The highest BCUT2D eigenvalue weighted by atomic mass is 16.5. The van der Waals surface area contributed by atoms with Crippen molar-refractivity contribution >= 4 is 12.3 Å². The number of hydrogen-bond donors (Lipinski definition) is 0. The number of ether oxygens (including phenoxy) is 1. The third kappa shape index (κ3) is 4.54. The average Bonchev–Trinajstić information content (AvgIpc) is 2.62. The Morgan fingerprint density at radius 2 is 1.67 bits per heavy atom. The van der Waals surface area contributed by atoms with Crippen LogP contribution < -0.4 is 0 Å². The Kier molecular flexibility index (Phi) is 6.74. The van der Waals surface area contributed by atoms with Crippen LogP contribution in [-0.4, -0.2) is 18.9 Å². The standard InChI is InChI=1S/C14H16O3.C7H8/c1-2-17-14(16)13-8-7-10(9-15)11-5-3-4-6-12(11)13;1-7-5-3-2-4-6-7/h3-6,9-10,13H,2,7-8H2,1H3;2-6H,1H3/t10-,13+;/m0./s1. The van der Waals surface area contributed by atoms with Crippen molar-refractivity contribution in [3.05, 3.63) is 71.3 Å². The highest BCUT2D eigenvalue weighted by Crippen LogP contribution is 2.38. The van der Waals surface area contributed by atoms with Crippen molar-refractivity contribution in [3.63, 3.8) is 0 Å². The summed E-state index contributed by atoms with van der Waals surface area (Å²) in [6.45, 7) is 4.29. The molecule has 0 N–H and O–H groups in total. The van der Waals surface area contributed by atoms with Crippen LogP contribution in [0.5, 0.6) is 0 Å². The Morgan fingerprint density at radius 3 is 2.21 bits per heavy atom. The highest BCUT2D eigenvalue weighted by Gasteiger charge is 2.31. The van der Waals surface area contributed by atoms with Gasteiger partial charge in [-0.25, -0.2) is 0 Å². The topological polar surface area (TPSA) is 43.4 Å². The van der Waals surface area contributed by atoms with E-state index in [9.17, 15) is 9.59 Å². The Balaban J connectivity index is 0.000000249. The molecule has 0 amide bonds. The highest BCUT2D eigenvalue weighted by molar-refractivity contribution is 5.80. The van der Waals surface area contributed by atoms with Crippen molar-refractivity contribution in [1.82, 2.24) is 0 Å². The number of esters is 1. The lowest BCUT2D eigenvalue weighted by atomic mass is 9.77. The zero-order valence-corrected chi connectivity index (χ0v) is 14.3. The Hall–Kier alpha value is -2.42. The fraction of sp³-hybridized carbons (Fsp3) is 0.333. The summed E-state index contributed by atoms with van der Waals surface area (Å²) >= 11 is 0. The molecule has 2 atom stereocenters. The van der Waals surface area contributed by atoms with E-state index in [1.54, 1.807) is 6.92 Å². The summed E-state index contributed by atoms with van der Waals surface area (Å²) in [6, 6.07) is 17.9. The minimum absolute atomic E-state index is 0.0723. The van der Waals surface area contributed by atoms with E-state index in [1.165, 1.54) is 5.56 Å². The van der Waals surface area contributed by atoms with Crippen molar-refractivity contribution in [3.8, 4) is 0 Å². The predicted octanol–water partition coefficient (Wildman–Crippen LogP) is 4.40. The van der Waals surface area contributed by atoms with Crippen LogP contribution in [0.1, 0.15) is 48.3 Å². The molecule has 0 radical (unpaired) electrons. The van der Waals surface area contributed by atoms with Crippen LogP contribution in [0.25, 0.3) is 0 Å². The first kappa shape index (κ1) is 17.9. The molecule has 2 aromatic carbocycles. The third-order valence-corrected chi connectivity index (χ3v) is 4.21. The zero-order chi connectivity index (χ0) is 17.4. The lowest BCUT2D eigenvalue weighted by Crippen LogP contribution is -2.23. The molecule has 0 bridgehead atoms. The van der Waals surface area contributed by atoms with Gasteiger partial charge in [-0.05, 0) is 37.8 Å². The normalized spacial score (nSPS) is 18.6. The molecule has 1 aliphatic carbocycles. The van der Waals surface area contributed by atoms with Gasteiger partial charge in [0.1, 0.15) is 6.29 Å². The van der Waals surface area contributed by atoms with E-state index >= 15 is 0 Å². The van der Waals surface area contributed by atoms with E-state index in [0.717, 1.165) is 23.8 Å². The minimum atomic E-state index is -0.206. The van der Waals surface area contributed by atoms with Crippen LogP contribution in [0.2, 0.25) is 0 Å². The summed E-state index contributed by atoms with van der Waals surface area (Å²) in [6.07, 6.45) is 2.39. The van der Waals surface area contributed by atoms with Gasteiger partial charge >= 0.3 is 5.97 Å². The molecular weight excluding hydrogens is 300 g/mol. The smallest absolute Gasteiger partial charge is 0.313 e. The predicted molar refractivity (Wildman–Crippen MR) is 95.0 cm³/mol. The van der Waals surface area contributed by atoms with Gasteiger partial charge in [0, 0.05) is 5.92 Å². The molecule has 0 spiro atoms. The molecule has 0 aromatic heterocycles. The van der Waals surface area contributed by atoms with Gasteiger partial charge in [0.25, 0.3) is 0 Å². The SMILES string of the molecule is CCOC(=O)[C@@H]1CC[C@@H](C=O)c2ccccc21.Cc1ccccc1. The molecule has 0 saturated carbocycles. The van der Waals surface area contributed by atoms with E-state index in [2.05, 4.69) is 19.1 Å². The van der Waals surface area contributed by atoms with Gasteiger partial charge in [0.05, 0.1) is 12.5 Å². The second-order valence-corrected chi connectivity index (χ2v) is 5.91. The first-order valence-electron chi connectivity index (χ1n) is 8.39. The average molecular weight is 324 g/mol. The molecule has 1 aliphatic rings. The Labute approximate surface area is 143 Å². The first-order valence-corrected chi connectivity index (χ1v) is 8.39. The zero-order valence-electron chi connectivity index (χ0n) is 14.3. The number of fused-ring (bicyclic) bond motifs is 1. The lowest BCUT2D eigenvalue weighted by molar-refractivity contribution is -0.145. The van der Waals surface area contributed by atoms with Gasteiger partial charge in [0.15, 0.2) is 0 Å². The maximum Gasteiger partial charge on any atom is 0.313 e. The van der Waals surface area contributed by atoms with E-state index in [-0.39, 0.29) is 17.8 Å². The molecular formula is C21H24O3. The number of hydrogen-bond acceptors (Lipinski definition) is 3. The number of aryl methyl sites for hydroxylation is 1. The van der Waals surface area contributed by atoms with E-state index in [0.29, 0.717) is 13.0 Å². The van der Waals surface area contributed by atoms with Crippen LogP contribution in [0.4, 0.5) is 0 Å². The van der Waals surface area contributed by atoms with Gasteiger partial charge < -0.3 is 9.53 Å².